The zero-order valence-corrected chi connectivity index (χ0v) is 16.3. The molecule has 0 radical (unpaired) electrons. The molecule has 0 N–H and O–H groups in total. The summed E-state index contributed by atoms with van der Waals surface area (Å²) in [5, 5.41) is 4.49. The monoisotopic (exact) mass is 406 g/mol. The fourth-order valence-corrected chi connectivity index (χ4v) is 3.61. The Bertz CT molecular complexity index is 1300. The van der Waals surface area contributed by atoms with Crippen molar-refractivity contribution < 1.29 is 17.6 Å². The highest BCUT2D eigenvalue weighted by atomic mass is 19.4. The highest BCUT2D eigenvalue weighted by Gasteiger charge is 2.33. The summed E-state index contributed by atoms with van der Waals surface area (Å²) in [6.45, 7) is 2.16. The van der Waals surface area contributed by atoms with Crippen molar-refractivity contribution in [1.82, 2.24) is 0 Å². The molecule has 0 spiro atoms. The molecule has 0 aromatic heterocycles. The van der Waals surface area contributed by atoms with E-state index in [1.807, 2.05) is 24.3 Å². The highest BCUT2D eigenvalue weighted by Crippen LogP contribution is 2.31. The molecule has 4 aromatic rings. The van der Waals surface area contributed by atoms with Crippen LogP contribution >= 0.6 is 0 Å². The van der Waals surface area contributed by atoms with E-state index >= 15 is 0 Å². The van der Waals surface area contributed by atoms with Crippen LogP contribution in [0.25, 0.3) is 21.5 Å². The summed E-state index contributed by atoms with van der Waals surface area (Å²) in [5.74, 6) is 4.34. The molecular weight excluding hydrogens is 388 g/mol. The fourth-order valence-electron chi connectivity index (χ4n) is 3.61. The van der Waals surface area contributed by atoms with Crippen molar-refractivity contribution in [1.29, 1.82) is 0 Å². The van der Waals surface area contributed by atoms with E-state index in [1.54, 1.807) is 0 Å². The second kappa shape index (κ2) is 7.84. The second-order valence-electron chi connectivity index (χ2n) is 7.25. The normalized spacial score (nSPS) is 11.5. The van der Waals surface area contributed by atoms with Crippen LogP contribution in [-0.4, -0.2) is 0 Å². The molecule has 0 saturated heterocycles. The summed E-state index contributed by atoms with van der Waals surface area (Å²) < 4.78 is 51.7. The number of hydrogen-bond acceptors (Lipinski definition) is 0. The first-order valence-electron chi connectivity index (χ1n) is 9.69. The predicted octanol–water partition coefficient (Wildman–Crippen LogP) is 7.50. The molecule has 0 amide bonds. The third kappa shape index (κ3) is 4.02. The van der Waals surface area contributed by atoms with Crippen molar-refractivity contribution in [2.75, 3.05) is 0 Å². The number of alkyl halides is 3. The van der Waals surface area contributed by atoms with Crippen molar-refractivity contribution in [3.8, 4) is 11.8 Å². The van der Waals surface area contributed by atoms with Crippen molar-refractivity contribution in [3.63, 3.8) is 0 Å². The second-order valence-corrected chi connectivity index (χ2v) is 7.25. The largest absolute Gasteiger partial charge is 0.419 e. The van der Waals surface area contributed by atoms with Gasteiger partial charge in [0.15, 0.2) is 0 Å². The van der Waals surface area contributed by atoms with Crippen molar-refractivity contribution in [2.45, 2.75) is 25.9 Å². The summed E-state index contributed by atoms with van der Waals surface area (Å²) >= 11 is 0. The van der Waals surface area contributed by atoms with Gasteiger partial charge in [0.25, 0.3) is 0 Å². The molecule has 0 atom stereocenters. The van der Waals surface area contributed by atoms with Crippen LogP contribution < -0.4 is 0 Å². The van der Waals surface area contributed by atoms with Crippen molar-refractivity contribution in [2.24, 2.45) is 0 Å². The van der Waals surface area contributed by atoms with Gasteiger partial charge in [0.2, 0.25) is 0 Å². The van der Waals surface area contributed by atoms with Crippen LogP contribution in [0.15, 0.2) is 66.7 Å². The molecule has 30 heavy (non-hydrogen) atoms. The lowest BCUT2D eigenvalue weighted by molar-refractivity contribution is -0.140. The minimum absolute atomic E-state index is 0.197. The average Bonchev–Trinajstić information content (AvgIpc) is 2.71. The number of aryl methyl sites for hydroxylation is 1. The standard InChI is InChI=1S/C26H18F4/c1-2-3-17-6-11-22-20(14-17)9-10-21-15-18(7-12-23(21)22)4-5-19-8-13-24(25(27)16-19)26(28,29)30/h6-16H,2-3H2,1H3. The molecule has 0 saturated carbocycles. The van der Waals surface area contributed by atoms with Crippen LogP contribution in [0, 0.1) is 17.7 Å². The van der Waals surface area contributed by atoms with Crippen molar-refractivity contribution >= 4 is 21.5 Å². The van der Waals surface area contributed by atoms with E-state index in [1.165, 1.54) is 17.0 Å². The van der Waals surface area contributed by atoms with Crippen LogP contribution in [-0.2, 0) is 12.6 Å². The van der Waals surface area contributed by atoms with Gasteiger partial charge in [-0.1, -0.05) is 61.6 Å². The lowest BCUT2D eigenvalue weighted by Gasteiger charge is -2.07. The lowest BCUT2D eigenvalue weighted by Crippen LogP contribution is -2.07. The van der Waals surface area contributed by atoms with Crippen LogP contribution in [0.5, 0.6) is 0 Å². The maximum atomic E-state index is 13.7. The van der Waals surface area contributed by atoms with Gasteiger partial charge in [-0.3, -0.25) is 0 Å². The van der Waals surface area contributed by atoms with Gasteiger partial charge in [0, 0.05) is 11.1 Å². The fraction of sp³-hybridized carbons (Fsp3) is 0.154. The smallest absolute Gasteiger partial charge is 0.206 e. The van der Waals surface area contributed by atoms with E-state index < -0.39 is 17.6 Å². The Labute approximate surface area is 172 Å². The molecule has 4 aromatic carbocycles. The summed E-state index contributed by atoms with van der Waals surface area (Å²) in [6, 6.07) is 19.1. The van der Waals surface area contributed by atoms with E-state index in [0.717, 1.165) is 41.1 Å². The zero-order valence-electron chi connectivity index (χ0n) is 16.3. The third-order valence-electron chi connectivity index (χ3n) is 5.06. The third-order valence-corrected chi connectivity index (χ3v) is 5.06. The Balaban J connectivity index is 1.67. The Hall–Kier alpha value is -3.32. The maximum Gasteiger partial charge on any atom is 0.419 e. The van der Waals surface area contributed by atoms with Crippen LogP contribution in [0.1, 0.15) is 35.6 Å². The van der Waals surface area contributed by atoms with Gasteiger partial charge >= 0.3 is 6.18 Å². The molecule has 4 rings (SSSR count). The Morgan fingerprint density at radius 1 is 0.733 bits per heavy atom. The quantitative estimate of drug-likeness (QED) is 0.184. The van der Waals surface area contributed by atoms with E-state index in [0.29, 0.717) is 5.56 Å². The summed E-state index contributed by atoms with van der Waals surface area (Å²) in [6.07, 6.45) is -2.56. The molecule has 0 nitrogen and oxygen atoms in total. The minimum Gasteiger partial charge on any atom is -0.206 e. The Morgan fingerprint density at radius 2 is 1.33 bits per heavy atom. The van der Waals surface area contributed by atoms with Crippen LogP contribution in [0.3, 0.4) is 0 Å². The molecular formula is C26H18F4. The predicted molar refractivity (Wildman–Crippen MR) is 113 cm³/mol. The zero-order chi connectivity index (χ0) is 21.3. The molecule has 0 aliphatic rings. The highest BCUT2D eigenvalue weighted by molar-refractivity contribution is 6.07. The average molecular weight is 406 g/mol. The number of fused-ring (bicyclic) bond motifs is 3. The van der Waals surface area contributed by atoms with E-state index in [2.05, 4.69) is 43.0 Å². The summed E-state index contributed by atoms with van der Waals surface area (Å²) in [4.78, 5) is 0. The lowest BCUT2D eigenvalue weighted by atomic mass is 9.97. The first-order valence-corrected chi connectivity index (χ1v) is 9.69. The molecule has 0 bridgehead atoms. The van der Waals surface area contributed by atoms with E-state index in [-0.39, 0.29) is 5.56 Å². The van der Waals surface area contributed by atoms with Gasteiger partial charge < -0.3 is 0 Å². The first-order chi connectivity index (χ1) is 14.3. The van der Waals surface area contributed by atoms with Gasteiger partial charge in [0.1, 0.15) is 5.82 Å². The Kier molecular flexibility index (Phi) is 5.22. The SMILES string of the molecule is CCCc1ccc2c(ccc3cc(C#Cc4ccc(C(F)(F)F)c(F)c4)ccc32)c1. The molecule has 4 heteroatoms. The molecule has 150 valence electrons. The van der Waals surface area contributed by atoms with Gasteiger partial charge in [0.05, 0.1) is 5.56 Å². The maximum absolute atomic E-state index is 13.7. The minimum atomic E-state index is -4.71. The first kappa shape index (κ1) is 20.0. The van der Waals surface area contributed by atoms with Crippen LogP contribution in [0.4, 0.5) is 17.6 Å². The number of rotatable bonds is 2. The number of halogens is 4. The van der Waals surface area contributed by atoms with E-state index in [9.17, 15) is 17.6 Å². The summed E-state index contributed by atoms with van der Waals surface area (Å²) in [5.41, 5.74) is 0.940. The topological polar surface area (TPSA) is 0 Å². The summed E-state index contributed by atoms with van der Waals surface area (Å²) in [7, 11) is 0. The molecule has 0 fully saturated rings. The Morgan fingerprint density at radius 3 is 1.97 bits per heavy atom. The molecule has 0 unspecified atom stereocenters. The van der Waals surface area contributed by atoms with Gasteiger partial charge in [-0.05, 0) is 63.9 Å². The molecule has 0 heterocycles. The van der Waals surface area contributed by atoms with Gasteiger partial charge in [-0.25, -0.2) is 4.39 Å². The number of hydrogen-bond donors (Lipinski definition) is 0. The van der Waals surface area contributed by atoms with Gasteiger partial charge in [-0.15, -0.1) is 0 Å². The van der Waals surface area contributed by atoms with Gasteiger partial charge in [-0.2, -0.15) is 13.2 Å². The van der Waals surface area contributed by atoms with E-state index in [4.69, 9.17) is 0 Å². The van der Waals surface area contributed by atoms with Crippen LogP contribution in [0.2, 0.25) is 0 Å². The molecule has 0 aliphatic heterocycles. The number of benzene rings is 4. The molecule has 0 aliphatic carbocycles. The van der Waals surface area contributed by atoms with Crippen molar-refractivity contribution in [3.05, 3.63) is 94.8 Å².